The zero-order valence-electron chi connectivity index (χ0n) is 16.5. The molecule has 158 valence electrons. The molecule has 3 fully saturated rings. The zero-order chi connectivity index (χ0) is 20.5. The number of cyclic esters (lactones) is 1. The predicted molar refractivity (Wildman–Crippen MR) is 109 cm³/mol. The summed E-state index contributed by atoms with van der Waals surface area (Å²) in [5.41, 5.74) is 2.37. The number of amides is 2. The number of hydrogen-bond donors (Lipinski definition) is 2. The van der Waals surface area contributed by atoms with E-state index in [1.165, 1.54) is 5.56 Å². The fourth-order valence-corrected chi connectivity index (χ4v) is 4.57. The Morgan fingerprint density at radius 2 is 1.97 bits per heavy atom. The van der Waals surface area contributed by atoms with Gasteiger partial charge in [0.25, 0.3) is 0 Å². The predicted octanol–water partition coefficient (Wildman–Crippen LogP) is 1.55. The molecule has 3 saturated heterocycles. The molecule has 0 bridgehead atoms. The van der Waals surface area contributed by atoms with Crippen LogP contribution in [0.3, 0.4) is 0 Å². The van der Waals surface area contributed by atoms with Gasteiger partial charge in [0, 0.05) is 50.1 Å². The zero-order valence-corrected chi connectivity index (χ0v) is 17.3. The number of nitrogens with zero attached hydrogens (tertiary/aromatic N) is 2. The van der Waals surface area contributed by atoms with Crippen molar-refractivity contribution in [1.29, 1.82) is 0 Å². The second kappa shape index (κ2) is 8.31. The Hall–Kier alpha value is -2.13. The summed E-state index contributed by atoms with van der Waals surface area (Å²) in [5.74, 6) is 0.750. The number of anilines is 1. The van der Waals surface area contributed by atoms with Crippen LogP contribution in [-0.4, -0.2) is 69.7 Å². The number of carbonyl (C=O) groups excluding carboxylic acids is 2. The number of ether oxygens (including phenoxy) is 1. The summed E-state index contributed by atoms with van der Waals surface area (Å²) in [6, 6.07) is 8.37. The highest BCUT2D eigenvalue weighted by atomic mass is 32.2. The molecule has 0 spiro atoms. The summed E-state index contributed by atoms with van der Waals surface area (Å²) >= 11 is -1.76. The van der Waals surface area contributed by atoms with Gasteiger partial charge in [-0.2, -0.15) is 0 Å². The van der Waals surface area contributed by atoms with Crippen LogP contribution < -0.4 is 10.2 Å². The first kappa shape index (κ1) is 20.2. The minimum absolute atomic E-state index is 0.0578. The average molecular weight is 422 g/mol. The second-order valence-electron chi connectivity index (χ2n) is 8.21. The van der Waals surface area contributed by atoms with Crippen LogP contribution in [0.15, 0.2) is 24.3 Å². The summed E-state index contributed by atoms with van der Waals surface area (Å²) < 4.78 is 25.2. The minimum atomic E-state index is -1.76. The maximum Gasteiger partial charge on any atom is 0.407 e. The van der Waals surface area contributed by atoms with Crippen molar-refractivity contribution in [2.24, 2.45) is 5.92 Å². The van der Waals surface area contributed by atoms with Crippen LogP contribution in [0.5, 0.6) is 0 Å². The summed E-state index contributed by atoms with van der Waals surface area (Å²) in [6.45, 7) is 5.25. The first-order chi connectivity index (χ1) is 13.9. The molecule has 2 amide bonds. The fourth-order valence-electron chi connectivity index (χ4n) is 4.07. The van der Waals surface area contributed by atoms with Crippen molar-refractivity contribution in [3.8, 4) is 0 Å². The van der Waals surface area contributed by atoms with Crippen molar-refractivity contribution in [2.45, 2.75) is 37.0 Å². The van der Waals surface area contributed by atoms with Gasteiger partial charge in [-0.3, -0.25) is 4.79 Å². The van der Waals surface area contributed by atoms with Gasteiger partial charge in [0.1, 0.15) is 6.61 Å². The van der Waals surface area contributed by atoms with Crippen LogP contribution in [0.4, 0.5) is 10.5 Å². The number of nitrogens with one attached hydrogen (secondary N) is 1. The number of carbonyl (C=O) groups is 2. The van der Waals surface area contributed by atoms with Crippen LogP contribution in [0, 0.1) is 5.92 Å². The molecule has 1 aromatic rings. The average Bonchev–Trinajstić information content (AvgIpc) is 3.04. The van der Waals surface area contributed by atoms with Crippen molar-refractivity contribution in [1.82, 2.24) is 10.2 Å². The molecule has 2 unspecified atom stereocenters. The highest BCUT2D eigenvalue weighted by molar-refractivity contribution is 7.79. The molecule has 3 aliphatic heterocycles. The molecule has 0 aromatic heterocycles. The maximum absolute atomic E-state index is 12.3. The summed E-state index contributed by atoms with van der Waals surface area (Å²) in [7, 11) is 0. The fraction of sp³-hybridized carbons (Fsp3) is 0.600. The van der Waals surface area contributed by atoms with E-state index < -0.39 is 17.2 Å². The molecule has 9 heteroatoms. The van der Waals surface area contributed by atoms with Crippen LogP contribution in [0.2, 0.25) is 0 Å². The molecule has 0 radical (unpaired) electrons. The Morgan fingerprint density at radius 3 is 2.55 bits per heavy atom. The number of alkyl carbamates (subject to hydrolysis) is 1. The Bertz CT molecular complexity index is 790. The van der Waals surface area contributed by atoms with Crippen molar-refractivity contribution in [2.75, 3.05) is 37.7 Å². The van der Waals surface area contributed by atoms with Crippen molar-refractivity contribution in [3.05, 3.63) is 29.8 Å². The molecule has 1 aromatic carbocycles. The second-order valence-corrected chi connectivity index (χ2v) is 9.51. The third kappa shape index (κ3) is 4.40. The molecule has 0 saturated carbocycles. The lowest BCUT2D eigenvalue weighted by Crippen LogP contribution is -2.52. The lowest BCUT2D eigenvalue weighted by molar-refractivity contribution is -0.135. The largest absolute Gasteiger partial charge is 0.447 e. The highest BCUT2D eigenvalue weighted by Crippen LogP contribution is 2.32. The van der Waals surface area contributed by atoms with Crippen molar-refractivity contribution < 1.29 is 23.1 Å². The normalized spacial score (nSPS) is 24.3. The maximum atomic E-state index is 12.3. The van der Waals surface area contributed by atoms with E-state index in [2.05, 4.69) is 34.5 Å². The highest BCUT2D eigenvalue weighted by Gasteiger charge is 2.35. The summed E-state index contributed by atoms with van der Waals surface area (Å²) in [6.07, 6.45) is 0.633. The smallest absolute Gasteiger partial charge is 0.407 e. The third-order valence-electron chi connectivity index (χ3n) is 6.30. The van der Waals surface area contributed by atoms with E-state index in [1.807, 2.05) is 11.8 Å². The standard InChI is InChI=1S/C20H27N3O5S/c1-13(29(26)27)15-8-22(9-15)18-5-2-14(3-6-18)16-10-23(11-16)19(24)7-4-17-12-28-20(25)21-17/h2-3,5-6,13,15-17H,4,7-12H2,1H3,(H,21,25)(H,26,27)/t13?,17-/m1/s1. The van der Waals surface area contributed by atoms with Crippen LogP contribution >= 0.6 is 0 Å². The quantitative estimate of drug-likeness (QED) is 0.648. The Kier molecular flexibility index (Phi) is 5.78. The molecule has 29 heavy (non-hydrogen) atoms. The Labute approximate surface area is 172 Å². The van der Waals surface area contributed by atoms with Gasteiger partial charge in [-0.15, -0.1) is 0 Å². The summed E-state index contributed by atoms with van der Waals surface area (Å²) in [4.78, 5) is 27.4. The molecule has 2 N–H and O–H groups in total. The van der Waals surface area contributed by atoms with Crippen LogP contribution in [-0.2, 0) is 20.6 Å². The number of hydrogen-bond acceptors (Lipinski definition) is 5. The minimum Gasteiger partial charge on any atom is -0.447 e. The van der Waals surface area contributed by atoms with Gasteiger partial charge in [0.15, 0.2) is 11.1 Å². The Balaban J connectivity index is 1.20. The van der Waals surface area contributed by atoms with Gasteiger partial charge in [0.05, 0.1) is 11.3 Å². The van der Waals surface area contributed by atoms with E-state index in [1.54, 1.807) is 0 Å². The van der Waals surface area contributed by atoms with Gasteiger partial charge in [0.2, 0.25) is 5.91 Å². The molecule has 3 heterocycles. The van der Waals surface area contributed by atoms with Gasteiger partial charge in [-0.25, -0.2) is 9.00 Å². The van der Waals surface area contributed by atoms with Crippen LogP contribution in [0.1, 0.15) is 31.2 Å². The topological polar surface area (TPSA) is 99.2 Å². The van der Waals surface area contributed by atoms with E-state index in [0.717, 1.165) is 31.9 Å². The van der Waals surface area contributed by atoms with E-state index in [9.17, 15) is 18.4 Å². The Morgan fingerprint density at radius 1 is 1.28 bits per heavy atom. The number of likely N-dealkylation sites (tertiary alicyclic amines) is 1. The molecular weight excluding hydrogens is 394 g/mol. The number of rotatable bonds is 7. The van der Waals surface area contributed by atoms with Crippen molar-refractivity contribution >= 4 is 28.8 Å². The van der Waals surface area contributed by atoms with E-state index in [0.29, 0.717) is 25.4 Å². The monoisotopic (exact) mass is 421 g/mol. The molecule has 0 aliphatic carbocycles. The van der Waals surface area contributed by atoms with Gasteiger partial charge >= 0.3 is 6.09 Å². The lowest BCUT2D eigenvalue weighted by atomic mass is 9.90. The first-order valence-corrected chi connectivity index (χ1v) is 11.2. The molecule has 3 aliphatic rings. The van der Waals surface area contributed by atoms with E-state index >= 15 is 0 Å². The molecule has 8 nitrogen and oxygen atoms in total. The van der Waals surface area contributed by atoms with Gasteiger partial charge < -0.3 is 24.4 Å². The van der Waals surface area contributed by atoms with E-state index in [-0.39, 0.29) is 23.1 Å². The van der Waals surface area contributed by atoms with E-state index in [4.69, 9.17) is 4.74 Å². The molecule has 3 atom stereocenters. The van der Waals surface area contributed by atoms with Gasteiger partial charge in [-0.05, 0) is 31.0 Å². The lowest BCUT2D eigenvalue weighted by Gasteiger charge is -2.43. The number of benzene rings is 1. The third-order valence-corrected chi connectivity index (χ3v) is 7.32. The first-order valence-electron chi connectivity index (χ1n) is 10.1. The van der Waals surface area contributed by atoms with Gasteiger partial charge in [-0.1, -0.05) is 12.1 Å². The van der Waals surface area contributed by atoms with Crippen LogP contribution in [0.25, 0.3) is 0 Å². The molecular formula is C20H27N3O5S. The SMILES string of the molecule is CC(C1CN(c2ccc(C3CN(C(=O)CC[C@@H]4COC(=O)N4)C3)cc2)C1)S(=O)O. The summed E-state index contributed by atoms with van der Waals surface area (Å²) in [5, 5.41) is 2.50. The van der Waals surface area contributed by atoms with Crippen molar-refractivity contribution in [3.63, 3.8) is 0 Å². The molecule has 4 rings (SSSR count).